The Morgan fingerprint density at radius 3 is 2.37 bits per heavy atom. The molecule has 0 unspecified atom stereocenters. The lowest BCUT2D eigenvalue weighted by molar-refractivity contribution is 0.164. The number of nitrogens with one attached hydrogen (secondary N) is 2. The summed E-state index contributed by atoms with van der Waals surface area (Å²) >= 11 is 0. The Balaban J connectivity index is 1.30. The number of benzene rings is 1. The van der Waals surface area contributed by atoms with E-state index in [4.69, 9.17) is 4.74 Å². The van der Waals surface area contributed by atoms with E-state index in [9.17, 15) is 8.42 Å². The fourth-order valence-corrected chi connectivity index (χ4v) is 5.23. The van der Waals surface area contributed by atoms with Gasteiger partial charge in [-0.15, -0.1) is 0 Å². The van der Waals surface area contributed by atoms with Crippen LogP contribution in [0.15, 0.2) is 47.5 Å². The number of sulfonamides is 1. The van der Waals surface area contributed by atoms with Crippen molar-refractivity contribution in [1.82, 2.24) is 15.0 Å². The second-order valence-electron chi connectivity index (χ2n) is 8.12. The van der Waals surface area contributed by atoms with Gasteiger partial charge in [-0.3, -0.25) is 0 Å². The van der Waals surface area contributed by atoms with E-state index >= 15 is 0 Å². The third kappa shape index (κ3) is 5.30. The highest BCUT2D eigenvalue weighted by Gasteiger charge is 2.23. The van der Waals surface area contributed by atoms with Gasteiger partial charge in [0.2, 0.25) is 15.9 Å². The topological polar surface area (TPSA) is 83.6 Å². The van der Waals surface area contributed by atoms with Gasteiger partial charge in [0.1, 0.15) is 11.0 Å². The number of piperidine rings is 2. The summed E-state index contributed by atoms with van der Waals surface area (Å²) in [5, 5.41) is 3.23. The predicted octanol–water partition coefficient (Wildman–Crippen LogP) is 2.47. The van der Waals surface area contributed by atoms with Gasteiger partial charge in [0, 0.05) is 43.7 Å². The van der Waals surface area contributed by atoms with Crippen LogP contribution >= 0.6 is 0 Å². The molecule has 30 heavy (non-hydrogen) atoms. The molecular weight excluding hydrogens is 400 g/mol. The molecular formula is C22H30N4O3S. The van der Waals surface area contributed by atoms with Crippen molar-refractivity contribution in [2.75, 3.05) is 31.1 Å². The Hall–Kier alpha value is -2.16. The largest absolute Gasteiger partial charge is 0.474 e. The van der Waals surface area contributed by atoms with E-state index in [0.29, 0.717) is 5.88 Å². The van der Waals surface area contributed by atoms with Crippen molar-refractivity contribution in [3.63, 3.8) is 0 Å². The van der Waals surface area contributed by atoms with Crippen LogP contribution in [0, 0.1) is 6.92 Å². The highest BCUT2D eigenvalue weighted by Crippen LogP contribution is 2.23. The number of hydrogen-bond donors (Lipinski definition) is 2. The summed E-state index contributed by atoms with van der Waals surface area (Å²) in [6.45, 7) is 5.62. The van der Waals surface area contributed by atoms with Gasteiger partial charge in [0.25, 0.3) is 0 Å². The minimum Gasteiger partial charge on any atom is -0.474 e. The molecule has 0 radical (unpaired) electrons. The maximum Gasteiger partial charge on any atom is 0.242 e. The van der Waals surface area contributed by atoms with Gasteiger partial charge in [-0.2, -0.15) is 0 Å². The van der Waals surface area contributed by atoms with E-state index in [1.54, 1.807) is 12.1 Å². The number of pyridine rings is 1. The van der Waals surface area contributed by atoms with Crippen LogP contribution in [-0.2, 0) is 10.0 Å². The van der Waals surface area contributed by atoms with Gasteiger partial charge < -0.3 is 15.0 Å². The first-order valence-corrected chi connectivity index (χ1v) is 12.2. The highest BCUT2D eigenvalue weighted by molar-refractivity contribution is 7.89. The zero-order chi connectivity index (χ0) is 21.0. The summed E-state index contributed by atoms with van der Waals surface area (Å²) in [6, 6.07) is 11.8. The van der Waals surface area contributed by atoms with Crippen LogP contribution in [0.4, 0.5) is 5.69 Å². The van der Waals surface area contributed by atoms with Crippen molar-refractivity contribution in [3.8, 4) is 5.88 Å². The van der Waals surface area contributed by atoms with Gasteiger partial charge in [-0.25, -0.2) is 18.1 Å². The lowest BCUT2D eigenvalue weighted by Crippen LogP contribution is -2.42. The Labute approximate surface area is 178 Å². The minimum absolute atomic E-state index is 0.0223. The van der Waals surface area contributed by atoms with Crippen LogP contribution in [0.25, 0.3) is 0 Å². The van der Waals surface area contributed by atoms with Crippen molar-refractivity contribution in [1.29, 1.82) is 0 Å². The first-order chi connectivity index (χ1) is 14.5. The van der Waals surface area contributed by atoms with Crippen LogP contribution < -0.4 is 19.7 Å². The van der Waals surface area contributed by atoms with E-state index in [0.717, 1.165) is 51.9 Å². The molecule has 0 aliphatic carbocycles. The van der Waals surface area contributed by atoms with Gasteiger partial charge in [0.05, 0.1) is 6.20 Å². The zero-order valence-corrected chi connectivity index (χ0v) is 18.2. The molecule has 2 aliphatic rings. The van der Waals surface area contributed by atoms with E-state index in [-0.39, 0.29) is 17.0 Å². The molecule has 0 atom stereocenters. The Bertz CT molecular complexity index is 918. The van der Waals surface area contributed by atoms with Crippen molar-refractivity contribution < 1.29 is 13.2 Å². The molecule has 2 aromatic rings. The fourth-order valence-electron chi connectivity index (χ4n) is 3.98. The summed E-state index contributed by atoms with van der Waals surface area (Å²) in [4.78, 5) is 6.80. The monoisotopic (exact) mass is 430 g/mol. The van der Waals surface area contributed by atoms with Crippen molar-refractivity contribution in [3.05, 3.63) is 48.2 Å². The predicted molar refractivity (Wildman–Crippen MR) is 117 cm³/mol. The molecule has 2 aliphatic heterocycles. The Morgan fingerprint density at radius 2 is 1.73 bits per heavy atom. The summed E-state index contributed by atoms with van der Waals surface area (Å²) in [6.07, 6.45) is 4.90. The second kappa shape index (κ2) is 9.32. The number of aromatic nitrogens is 1. The lowest BCUT2D eigenvalue weighted by Gasteiger charge is -2.33. The van der Waals surface area contributed by atoms with Gasteiger partial charge >= 0.3 is 0 Å². The molecule has 2 fully saturated rings. The number of ether oxygens (including phenoxy) is 1. The number of aryl methyl sites for hydroxylation is 1. The molecule has 1 aromatic carbocycles. The van der Waals surface area contributed by atoms with E-state index in [2.05, 4.69) is 51.1 Å². The van der Waals surface area contributed by atoms with Gasteiger partial charge in [-0.05, 0) is 51.1 Å². The summed E-state index contributed by atoms with van der Waals surface area (Å²) in [5.41, 5.74) is 2.51. The molecule has 0 bridgehead atoms. The van der Waals surface area contributed by atoms with E-state index in [1.165, 1.54) is 17.4 Å². The van der Waals surface area contributed by atoms with E-state index in [1.807, 2.05) is 0 Å². The number of rotatable bonds is 6. The zero-order valence-electron chi connectivity index (χ0n) is 17.4. The third-order valence-corrected chi connectivity index (χ3v) is 7.31. The Morgan fingerprint density at radius 1 is 1.03 bits per heavy atom. The van der Waals surface area contributed by atoms with Crippen molar-refractivity contribution in [2.24, 2.45) is 0 Å². The summed E-state index contributed by atoms with van der Waals surface area (Å²) in [7, 11) is -3.55. The number of nitrogens with zero attached hydrogens (tertiary/aromatic N) is 2. The maximum atomic E-state index is 12.6. The average molecular weight is 431 g/mol. The summed E-state index contributed by atoms with van der Waals surface area (Å²) in [5.74, 6) is 0.476. The second-order valence-corrected chi connectivity index (χ2v) is 9.83. The summed E-state index contributed by atoms with van der Waals surface area (Å²) < 4.78 is 33.9. The van der Waals surface area contributed by atoms with Gasteiger partial charge in [0.15, 0.2) is 0 Å². The van der Waals surface area contributed by atoms with Gasteiger partial charge in [-0.1, -0.05) is 17.7 Å². The first-order valence-electron chi connectivity index (χ1n) is 10.7. The third-order valence-electron chi connectivity index (χ3n) is 5.81. The standard InChI is InChI=1S/C22H30N4O3S/c1-17-2-4-19(5-3-17)26-14-10-20(11-15-26)29-22-7-6-21(16-24-22)30(27,28)25-18-8-12-23-13-9-18/h2-7,16,18,20,23,25H,8-15H2,1H3. The highest BCUT2D eigenvalue weighted by atomic mass is 32.2. The van der Waals surface area contributed by atoms with Crippen LogP contribution in [0.1, 0.15) is 31.2 Å². The van der Waals surface area contributed by atoms with Crippen LogP contribution in [0.3, 0.4) is 0 Å². The normalized spacial score (nSPS) is 19.0. The maximum absolute atomic E-state index is 12.6. The molecule has 4 rings (SSSR count). The van der Waals surface area contributed by atoms with E-state index < -0.39 is 10.0 Å². The molecule has 0 saturated carbocycles. The molecule has 8 heteroatoms. The molecule has 0 amide bonds. The van der Waals surface area contributed by atoms with Crippen LogP contribution in [0.5, 0.6) is 5.88 Å². The van der Waals surface area contributed by atoms with Crippen molar-refractivity contribution in [2.45, 2.75) is 49.6 Å². The molecule has 2 saturated heterocycles. The molecule has 3 heterocycles. The van der Waals surface area contributed by atoms with Crippen molar-refractivity contribution >= 4 is 15.7 Å². The van der Waals surface area contributed by atoms with Crippen LogP contribution in [-0.4, -0.2) is 51.7 Å². The number of hydrogen-bond acceptors (Lipinski definition) is 6. The Kier molecular flexibility index (Phi) is 6.55. The molecule has 2 N–H and O–H groups in total. The number of anilines is 1. The molecule has 7 nitrogen and oxygen atoms in total. The smallest absolute Gasteiger partial charge is 0.242 e. The quantitative estimate of drug-likeness (QED) is 0.733. The SMILES string of the molecule is Cc1ccc(N2CCC(Oc3ccc(S(=O)(=O)NC4CCNCC4)cn3)CC2)cc1. The first kappa shape index (κ1) is 21.1. The average Bonchev–Trinajstić information content (AvgIpc) is 2.76. The van der Waals surface area contributed by atoms with Crippen LogP contribution in [0.2, 0.25) is 0 Å². The molecule has 0 spiro atoms. The molecule has 1 aromatic heterocycles. The lowest BCUT2D eigenvalue weighted by atomic mass is 10.1. The minimum atomic E-state index is -3.55. The molecule has 162 valence electrons. The fraction of sp³-hybridized carbons (Fsp3) is 0.500.